The first-order valence-corrected chi connectivity index (χ1v) is 19.3. The molecule has 2 amide bonds. The molecule has 3 aliphatic heterocycles. The molecule has 2 N–H and O–H groups in total. The molecule has 278 valence electrons. The predicted molar refractivity (Wildman–Crippen MR) is 201 cm³/mol. The van der Waals surface area contributed by atoms with Crippen molar-refractivity contribution in [2.75, 3.05) is 43.0 Å². The topological polar surface area (TPSA) is 120 Å². The molecule has 0 unspecified atom stereocenters. The quantitative estimate of drug-likeness (QED) is 0.221. The first-order chi connectivity index (χ1) is 25.4. The van der Waals surface area contributed by atoms with Crippen LogP contribution < -0.4 is 10.2 Å². The molecule has 1 aromatic carbocycles. The lowest BCUT2D eigenvalue weighted by Crippen LogP contribution is -2.58. The van der Waals surface area contributed by atoms with Crippen LogP contribution in [0, 0.1) is 16.6 Å². The highest BCUT2D eigenvalue weighted by Crippen LogP contribution is 2.54. The molecular formula is C41H49FN8O3. The molecule has 0 atom stereocenters. The molecule has 4 aromatic rings. The van der Waals surface area contributed by atoms with Gasteiger partial charge in [0, 0.05) is 55.2 Å². The van der Waals surface area contributed by atoms with Crippen LogP contribution in [-0.4, -0.2) is 91.1 Å². The summed E-state index contributed by atoms with van der Waals surface area (Å²) in [5, 5.41) is 13.2. The van der Waals surface area contributed by atoms with E-state index in [2.05, 4.69) is 59.9 Å². The number of aliphatic hydroxyl groups excluding tert-OH is 1. The van der Waals surface area contributed by atoms with Crippen molar-refractivity contribution in [3.8, 4) is 11.3 Å². The second kappa shape index (κ2) is 12.3. The van der Waals surface area contributed by atoms with E-state index in [9.17, 15) is 19.1 Å². The van der Waals surface area contributed by atoms with Crippen LogP contribution in [0.1, 0.15) is 84.2 Å². The van der Waals surface area contributed by atoms with Gasteiger partial charge in [-0.2, -0.15) is 0 Å². The number of rotatable bonds is 8. The number of carbonyl (C=O) groups is 2. The number of piperidine rings is 1. The SMILES string of the molecule is CC(C)n1cnc2cc(-c3ccc4c(c3)N(C3CC(N5CCC(C)(C)C5)C3)C(=O)C43CCN(C(=O)C4(CO)CC4)CC3)nc(Nc3ccncc3F)c21. The van der Waals surface area contributed by atoms with E-state index in [0.717, 1.165) is 66.6 Å². The van der Waals surface area contributed by atoms with Gasteiger partial charge in [-0.25, -0.2) is 14.4 Å². The standard InChI is InChI=1S/C41H49FN8O3/c1-25(2)49-24-44-33-20-32(46-36(35(33)49)45-31-7-13-43-21-30(31)42)26-5-6-29-34(17-26)50(28-18-27(19-28)48-14-10-39(3,4)22-48)38(53)41(29)11-15-47(16-12-41)37(52)40(23-51)8-9-40/h5-7,13,17,20-21,24-25,27-28,51H,8-12,14-16,18-19,22-23H2,1-4H3,(H,43,45,46). The Kier molecular flexibility index (Phi) is 7.98. The summed E-state index contributed by atoms with van der Waals surface area (Å²) < 4.78 is 16.9. The molecule has 9 rings (SSSR count). The van der Waals surface area contributed by atoms with Crippen molar-refractivity contribution in [1.82, 2.24) is 29.3 Å². The van der Waals surface area contributed by atoms with Gasteiger partial charge in [0.2, 0.25) is 11.8 Å². The molecule has 6 heterocycles. The van der Waals surface area contributed by atoms with Crippen molar-refractivity contribution < 1.29 is 19.1 Å². The Bertz CT molecular complexity index is 2110. The Labute approximate surface area is 309 Å². The Morgan fingerprint density at radius 3 is 2.47 bits per heavy atom. The van der Waals surface area contributed by atoms with Gasteiger partial charge in [-0.1, -0.05) is 26.0 Å². The third-order valence-electron chi connectivity index (χ3n) is 13.0. The summed E-state index contributed by atoms with van der Waals surface area (Å²) in [6.07, 6.45) is 10.1. The zero-order chi connectivity index (χ0) is 36.9. The van der Waals surface area contributed by atoms with E-state index in [0.29, 0.717) is 48.9 Å². The van der Waals surface area contributed by atoms with Gasteiger partial charge in [0.15, 0.2) is 11.6 Å². The summed E-state index contributed by atoms with van der Waals surface area (Å²) in [7, 11) is 0. The van der Waals surface area contributed by atoms with Crippen LogP contribution >= 0.6 is 0 Å². The highest BCUT2D eigenvalue weighted by molar-refractivity contribution is 6.09. The molecule has 3 aromatic heterocycles. The largest absolute Gasteiger partial charge is 0.395 e. The van der Waals surface area contributed by atoms with Gasteiger partial charge in [0.25, 0.3) is 0 Å². The number of hydrogen-bond acceptors (Lipinski definition) is 8. The number of aromatic nitrogens is 4. The number of amides is 2. The fourth-order valence-electron chi connectivity index (χ4n) is 9.44. The van der Waals surface area contributed by atoms with E-state index >= 15 is 0 Å². The fraction of sp³-hybridized carbons (Fsp3) is 0.537. The minimum atomic E-state index is -0.708. The van der Waals surface area contributed by atoms with Crippen molar-refractivity contribution in [1.29, 1.82) is 0 Å². The number of pyridine rings is 2. The number of nitrogens with zero attached hydrogens (tertiary/aromatic N) is 7. The lowest BCUT2D eigenvalue weighted by Gasteiger charge is -2.47. The number of hydrogen-bond donors (Lipinski definition) is 2. The van der Waals surface area contributed by atoms with Gasteiger partial charge in [0.1, 0.15) is 5.52 Å². The minimum Gasteiger partial charge on any atom is -0.395 e. The van der Waals surface area contributed by atoms with Gasteiger partial charge >= 0.3 is 0 Å². The van der Waals surface area contributed by atoms with E-state index in [1.165, 1.54) is 12.6 Å². The summed E-state index contributed by atoms with van der Waals surface area (Å²) in [6, 6.07) is 10.5. The average molecular weight is 721 g/mol. The summed E-state index contributed by atoms with van der Waals surface area (Å²) in [4.78, 5) is 48.6. The Hall–Kier alpha value is -4.42. The average Bonchev–Trinajstić information content (AvgIpc) is 3.59. The zero-order valence-corrected chi connectivity index (χ0v) is 31.1. The number of carbonyl (C=O) groups excluding carboxylic acids is 2. The number of anilines is 3. The van der Waals surface area contributed by atoms with E-state index < -0.39 is 16.6 Å². The smallest absolute Gasteiger partial charge is 0.238 e. The highest BCUT2D eigenvalue weighted by atomic mass is 19.1. The lowest BCUT2D eigenvalue weighted by molar-refractivity contribution is -0.142. The Balaban J connectivity index is 1.08. The zero-order valence-electron chi connectivity index (χ0n) is 31.1. The molecule has 53 heavy (non-hydrogen) atoms. The Morgan fingerprint density at radius 1 is 1.04 bits per heavy atom. The lowest BCUT2D eigenvalue weighted by atomic mass is 9.73. The molecular weight excluding hydrogens is 672 g/mol. The second-order valence-electron chi connectivity index (χ2n) is 17.3. The molecule has 0 bridgehead atoms. The number of imidazole rings is 1. The number of fused-ring (bicyclic) bond motifs is 3. The molecule has 2 saturated heterocycles. The summed E-state index contributed by atoms with van der Waals surface area (Å²) in [5.41, 5.74) is 4.23. The van der Waals surface area contributed by atoms with Crippen molar-refractivity contribution >= 4 is 40.0 Å². The predicted octanol–water partition coefficient (Wildman–Crippen LogP) is 6.20. The van der Waals surface area contributed by atoms with Crippen molar-refractivity contribution in [3.05, 3.63) is 60.4 Å². The van der Waals surface area contributed by atoms with Crippen LogP contribution in [0.3, 0.4) is 0 Å². The molecule has 0 radical (unpaired) electrons. The van der Waals surface area contributed by atoms with Crippen molar-refractivity contribution in [2.24, 2.45) is 10.8 Å². The van der Waals surface area contributed by atoms with Gasteiger partial charge in [-0.15, -0.1) is 0 Å². The maximum Gasteiger partial charge on any atom is 0.238 e. The highest BCUT2D eigenvalue weighted by Gasteiger charge is 2.58. The second-order valence-corrected chi connectivity index (χ2v) is 17.3. The van der Waals surface area contributed by atoms with E-state index in [1.54, 1.807) is 18.6 Å². The van der Waals surface area contributed by atoms with Crippen molar-refractivity contribution in [2.45, 2.75) is 96.2 Å². The number of benzene rings is 1. The molecule has 2 saturated carbocycles. The van der Waals surface area contributed by atoms with Crippen LogP contribution in [-0.2, 0) is 15.0 Å². The number of likely N-dealkylation sites (tertiary alicyclic amines) is 2. The van der Waals surface area contributed by atoms with E-state index in [1.807, 2.05) is 21.6 Å². The van der Waals surface area contributed by atoms with Crippen LogP contribution in [0.4, 0.5) is 21.6 Å². The first kappa shape index (κ1) is 34.4. The third-order valence-corrected chi connectivity index (χ3v) is 13.0. The maximum atomic E-state index is 14.9. The molecule has 1 spiro atoms. The van der Waals surface area contributed by atoms with Crippen LogP contribution in [0.15, 0.2) is 49.1 Å². The number of aliphatic hydroxyl groups is 1. The van der Waals surface area contributed by atoms with Crippen molar-refractivity contribution in [3.63, 3.8) is 0 Å². The monoisotopic (exact) mass is 720 g/mol. The van der Waals surface area contributed by atoms with Crippen LogP contribution in [0.2, 0.25) is 0 Å². The van der Waals surface area contributed by atoms with E-state index in [-0.39, 0.29) is 36.2 Å². The number of halogens is 1. The molecule has 4 fully saturated rings. The molecule has 12 heteroatoms. The summed E-state index contributed by atoms with van der Waals surface area (Å²) in [5.74, 6) is 0.177. The normalized spacial score (nSPS) is 24.2. The minimum absolute atomic E-state index is 0.0283. The molecule has 2 aliphatic carbocycles. The Morgan fingerprint density at radius 2 is 1.81 bits per heavy atom. The fourth-order valence-corrected chi connectivity index (χ4v) is 9.44. The molecule has 5 aliphatic rings. The van der Waals surface area contributed by atoms with Gasteiger partial charge < -0.3 is 24.8 Å². The first-order valence-electron chi connectivity index (χ1n) is 19.3. The van der Waals surface area contributed by atoms with Gasteiger partial charge in [-0.3, -0.25) is 19.5 Å². The number of nitrogens with one attached hydrogen (secondary N) is 1. The summed E-state index contributed by atoms with van der Waals surface area (Å²) >= 11 is 0. The van der Waals surface area contributed by atoms with E-state index in [4.69, 9.17) is 9.97 Å². The molecule has 11 nitrogen and oxygen atoms in total. The summed E-state index contributed by atoms with van der Waals surface area (Å²) in [6.45, 7) is 11.9. The van der Waals surface area contributed by atoms with Gasteiger partial charge in [-0.05, 0) is 94.5 Å². The van der Waals surface area contributed by atoms with Crippen LogP contribution in [0.5, 0.6) is 0 Å². The van der Waals surface area contributed by atoms with Crippen LogP contribution in [0.25, 0.3) is 22.3 Å². The van der Waals surface area contributed by atoms with Gasteiger partial charge in [0.05, 0.1) is 46.9 Å². The maximum absolute atomic E-state index is 14.9. The third kappa shape index (κ3) is 5.54.